The zero-order valence-electron chi connectivity index (χ0n) is 11.1. The van der Waals surface area contributed by atoms with Crippen molar-refractivity contribution in [3.05, 3.63) is 0 Å². The van der Waals surface area contributed by atoms with E-state index in [4.69, 9.17) is 4.74 Å². The van der Waals surface area contributed by atoms with Crippen molar-refractivity contribution in [3.8, 4) is 0 Å². The van der Waals surface area contributed by atoms with Crippen LogP contribution >= 0.6 is 11.8 Å². The van der Waals surface area contributed by atoms with Gasteiger partial charge in [-0.05, 0) is 6.92 Å². The lowest BCUT2D eigenvalue weighted by molar-refractivity contribution is -0.151. The Labute approximate surface area is 120 Å². The Morgan fingerprint density at radius 1 is 1.10 bits per heavy atom. The Morgan fingerprint density at radius 3 is 2.40 bits per heavy atom. The molecule has 2 rings (SSSR count). The zero-order chi connectivity index (χ0) is 14.6. The second kappa shape index (κ2) is 5.66. The van der Waals surface area contributed by atoms with Gasteiger partial charge in [-0.3, -0.25) is 14.6 Å². The minimum Gasteiger partial charge on any atom is -0.432 e. The Hall–Kier alpha value is -1.83. The topological polar surface area (TPSA) is 92.8 Å². The zero-order valence-corrected chi connectivity index (χ0v) is 12.0. The van der Waals surface area contributed by atoms with E-state index in [1.54, 1.807) is 20.1 Å². The summed E-state index contributed by atoms with van der Waals surface area (Å²) in [6, 6.07) is 0. The van der Waals surface area contributed by atoms with Crippen molar-refractivity contribution in [3.63, 3.8) is 0 Å². The van der Waals surface area contributed by atoms with Crippen LogP contribution in [0.4, 0.5) is 0 Å². The number of carbonyl (C=O) groups is 2. The molecule has 2 heterocycles. The van der Waals surface area contributed by atoms with E-state index in [2.05, 4.69) is 20.0 Å². The lowest BCUT2D eigenvalue weighted by Crippen LogP contribution is -2.29. The van der Waals surface area contributed by atoms with Gasteiger partial charge in [-0.25, -0.2) is 15.0 Å². The second-order valence-electron chi connectivity index (χ2n) is 4.60. The van der Waals surface area contributed by atoms with E-state index in [9.17, 15) is 9.59 Å². The van der Waals surface area contributed by atoms with Gasteiger partial charge in [0.15, 0.2) is 5.12 Å². The average molecular weight is 294 g/mol. The van der Waals surface area contributed by atoms with Gasteiger partial charge in [0, 0.05) is 19.6 Å². The summed E-state index contributed by atoms with van der Waals surface area (Å²) >= 11 is 1.04. The molecule has 2 unspecified atom stereocenters. The highest BCUT2D eigenvalue weighted by atomic mass is 32.2. The molecule has 0 aromatic heterocycles. The van der Waals surface area contributed by atoms with Crippen LogP contribution in [-0.4, -0.2) is 46.8 Å². The van der Waals surface area contributed by atoms with Gasteiger partial charge in [-0.15, -0.1) is 0 Å². The molecule has 0 aromatic rings. The van der Waals surface area contributed by atoms with Crippen molar-refractivity contribution in [2.75, 3.05) is 0 Å². The molecule has 0 amide bonds. The summed E-state index contributed by atoms with van der Waals surface area (Å²) in [6.45, 7) is 3.41. The molecule has 0 saturated carbocycles. The van der Waals surface area contributed by atoms with Crippen LogP contribution in [0.15, 0.2) is 20.0 Å². The van der Waals surface area contributed by atoms with E-state index in [1.807, 2.05) is 0 Å². The summed E-state index contributed by atoms with van der Waals surface area (Å²) in [7, 11) is 0. The molecule has 0 spiro atoms. The number of nitrogens with zero attached hydrogens (tertiary/aromatic N) is 4. The van der Waals surface area contributed by atoms with Gasteiger partial charge in [0.25, 0.3) is 0 Å². The van der Waals surface area contributed by atoms with Crippen LogP contribution in [-0.2, 0) is 14.3 Å². The molecule has 2 atom stereocenters. The van der Waals surface area contributed by atoms with Crippen LogP contribution in [0.5, 0.6) is 0 Å². The highest BCUT2D eigenvalue weighted by molar-refractivity contribution is 8.15. The van der Waals surface area contributed by atoms with Crippen molar-refractivity contribution >= 4 is 48.0 Å². The summed E-state index contributed by atoms with van der Waals surface area (Å²) in [5, 5.41) is -0.135. The first-order valence-corrected chi connectivity index (χ1v) is 6.82. The summed E-state index contributed by atoms with van der Waals surface area (Å²) in [4.78, 5) is 38.4. The van der Waals surface area contributed by atoms with E-state index in [1.165, 1.54) is 18.9 Å². The molecule has 106 valence electrons. The van der Waals surface area contributed by atoms with Crippen LogP contribution < -0.4 is 0 Å². The third kappa shape index (κ3) is 3.83. The molecule has 7 nitrogen and oxygen atoms in total. The Kier molecular flexibility index (Phi) is 4.12. The average Bonchev–Trinajstić information content (AvgIpc) is 2.96. The number of hydrogen-bond donors (Lipinski definition) is 0. The van der Waals surface area contributed by atoms with Crippen LogP contribution in [0.25, 0.3) is 0 Å². The minimum absolute atomic E-state index is 0.00171. The fourth-order valence-corrected chi connectivity index (χ4v) is 2.46. The van der Waals surface area contributed by atoms with Gasteiger partial charge in [-0.1, -0.05) is 11.8 Å². The number of esters is 1. The van der Waals surface area contributed by atoms with Crippen molar-refractivity contribution in [1.82, 2.24) is 0 Å². The molecule has 0 fully saturated rings. The first kappa shape index (κ1) is 14.6. The molecular weight excluding hydrogens is 280 g/mol. The third-order valence-corrected chi connectivity index (χ3v) is 3.62. The fraction of sp³-hybridized carbons (Fsp3) is 0.500. The van der Waals surface area contributed by atoms with Crippen molar-refractivity contribution in [1.29, 1.82) is 0 Å². The maximum Gasteiger partial charge on any atom is 0.308 e. The van der Waals surface area contributed by atoms with E-state index in [0.29, 0.717) is 0 Å². The summed E-state index contributed by atoms with van der Waals surface area (Å²) < 4.78 is 5.14. The number of thioether (sulfide) groups is 1. The predicted molar refractivity (Wildman–Crippen MR) is 78.7 cm³/mol. The van der Waals surface area contributed by atoms with Crippen molar-refractivity contribution < 1.29 is 14.3 Å². The first-order valence-electron chi connectivity index (χ1n) is 6.01. The highest BCUT2D eigenvalue weighted by Crippen LogP contribution is 2.28. The lowest BCUT2D eigenvalue weighted by Gasteiger charge is -2.18. The molecule has 0 bridgehead atoms. The quantitative estimate of drug-likeness (QED) is 0.713. The Balaban J connectivity index is 1.75. The minimum atomic E-state index is -1.04. The second-order valence-corrected chi connectivity index (χ2v) is 6.09. The van der Waals surface area contributed by atoms with E-state index in [-0.39, 0.29) is 18.0 Å². The molecule has 2 aliphatic rings. The third-order valence-electron chi connectivity index (χ3n) is 2.56. The summed E-state index contributed by atoms with van der Waals surface area (Å²) in [6.07, 6.45) is 5.85. The van der Waals surface area contributed by atoms with Crippen molar-refractivity contribution in [2.45, 2.75) is 37.3 Å². The molecule has 0 aromatic carbocycles. The van der Waals surface area contributed by atoms with Gasteiger partial charge >= 0.3 is 5.97 Å². The van der Waals surface area contributed by atoms with E-state index in [0.717, 1.165) is 11.8 Å². The van der Waals surface area contributed by atoms with Gasteiger partial charge in [0.1, 0.15) is 17.5 Å². The number of hydrogen-bond acceptors (Lipinski definition) is 8. The Morgan fingerprint density at radius 2 is 1.80 bits per heavy atom. The van der Waals surface area contributed by atoms with Crippen LogP contribution in [0.1, 0.15) is 26.7 Å². The van der Waals surface area contributed by atoms with Gasteiger partial charge in [0.05, 0.1) is 12.6 Å². The van der Waals surface area contributed by atoms with Gasteiger partial charge in [0.2, 0.25) is 5.72 Å². The predicted octanol–water partition coefficient (Wildman–Crippen LogP) is 1.23. The molecule has 2 aliphatic heterocycles. The number of carbonyl (C=O) groups excluding carboxylic acids is 2. The Bertz CT molecular complexity index is 467. The SMILES string of the molecule is CC1(OC(=O)CCC(=O)SC2(C)C=NC=N2)C=NC=N1. The van der Waals surface area contributed by atoms with Crippen LogP contribution in [0.3, 0.4) is 0 Å². The monoisotopic (exact) mass is 294 g/mol. The number of rotatable bonds is 5. The molecule has 0 aliphatic carbocycles. The van der Waals surface area contributed by atoms with Crippen molar-refractivity contribution in [2.24, 2.45) is 20.0 Å². The summed E-state index contributed by atoms with van der Waals surface area (Å²) in [5.74, 6) is -0.485. The largest absolute Gasteiger partial charge is 0.432 e. The molecule has 8 heteroatoms. The molecule has 20 heavy (non-hydrogen) atoms. The van der Waals surface area contributed by atoms with Crippen LogP contribution in [0, 0.1) is 0 Å². The number of aliphatic imine (C=N–C) groups is 4. The lowest BCUT2D eigenvalue weighted by atomic mass is 10.3. The van der Waals surface area contributed by atoms with Gasteiger partial charge < -0.3 is 4.74 Å². The van der Waals surface area contributed by atoms with E-state index >= 15 is 0 Å². The smallest absolute Gasteiger partial charge is 0.308 e. The fourth-order valence-electron chi connectivity index (χ4n) is 1.58. The molecular formula is C12H14N4O3S. The maximum absolute atomic E-state index is 11.8. The first-order chi connectivity index (χ1) is 9.41. The highest BCUT2D eigenvalue weighted by Gasteiger charge is 2.30. The molecule has 0 N–H and O–H groups in total. The standard InChI is InChI=1S/C12H14N4O3S/c1-11(5-13-7-15-11)19-9(17)3-4-10(18)20-12(2)6-14-8-16-12/h5-8H,3-4H2,1-2H3. The maximum atomic E-state index is 11.8. The summed E-state index contributed by atoms with van der Waals surface area (Å²) in [5.41, 5.74) is -1.04. The van der Waals surface area contributed by atoms with E-state index < -0.39 is 16.6 Å². The molecule has 0 saturated heterocycles. The molecule has 0 radical (unpaired) electrons. The van der Waals surface area contributed by atoms with Gasteiger partial charge in [-0.2, -0.15) is 0 Å². The van der Waals surface area contributed by atoms with Crippen LogP contribution in [0.2, 0.25) is 0 Å². The number of ether oxygens (including phenoxy) is 1. The normalized spacial score (nSPS) is 30.1.